The molecular weight excluding hydrogens is 236 g/mol. The van der Waals surface area contributed by atoms with Crippen molar-refractivity contribution in [2.45, 2.75) is 57.2 Å². The fourth-order valence-corrected chi connectivity index (χ4v) is 2.75. The monoisotopic (exact) mass is 258 g/mol. The van der Waals surface area contributed by atoms with Crippen LogP contribution in [0.2, 0.25) is 0 Å². The van der Waals surface area contributed by atoms with Gasteiger partial charge in [-0.3, -0.25) is 0 Å². The number of rotatable bonds is 3. The quantitative estimate of drug-likeness (QED) is 0.820. The van der Waals surface area contributed by atoms with Crippen molar-refractivity contribution in [3.63, 3.8) is 0 Å². The molecule has 2 N–H and O–H groups in total. The summed E-state index contributed by atoms with van der Waals surface area (Å²) in [5.74, 6) is 0. The van der Waals surface area contributed by atoms with E-state index in [4.69, 9.17) is 5.26 Å². The Morgan fingerprint density at radius 2 is 1.89 bits per heavy atom. The van der Waals surface area contributed by atoms with E-state index < -0.39 is 0 Å². The average molecular weight is 258 g/mol. The van der Waals surface area contributed by atoms with Crippen molar-refractivity contribution in [1.29, 1.82) is 5.26 Å². The third kappa shape index (κ3) is 3.79. The predicted molar refractivity (Wildman–Crippen MR) is 75.6 cm³/mol. The normalized spacial score (nSPS) is 25.3. The van der Waals surface area contributed by atoms with Gasteiger partial charge in [-0.1, -0.05) is 31.4 Å². The van der Waals surface area contributed by atoms with Crippen LogP contribution >= 0.6 is 0 Å². The van der Waals surface area contributed by atoms with Crippen LogP contribution in [-0.4, -0.2) is 17.3 Å². The number of benzene rings is 1. The second-order valence-corrected chi connectivity index (χ2v) is 5.43. The molecule has 0 aromatic heterocycles. The molecule has 1 saturated carbocycles. The molecule has 3 unspecified atom stereocenters. The van der Waals surface area contributed by atoms with E-state index in [0.29, 0.717) is 5.56 Å². The Kier molecular flexibility index (Phi) is 4.95. The van der Waals surface area contributed by atoms with Crippen molar-refractivity contribution in [1.82, 2.24) is 5.32 Å². The third-order valence-electron chi connectivity index (χ3n) is 3.98. The number of aliphatic hydroxyl groups excluding tert-OH is 1. The van der Waals surface area contributed by atoms with Gasteiger partial charge in [0.2, 0.25) is 0 Å². The number of nitrogens with one attached hydrogen (secondary N) is 1. The lowest BCUT2D eigenvalue weighted by atomic mass is 10.0. The maximum atomic E-state index is 10.1. The van der Waals surface area contributed by atoms with Crippen LogP contribution in [0.1, 0.15) is 56.2 Å². The molecule has 3 heteroatoms. The molecular formula is C16H22N2O. The fourth-order valence-electron chi connectivity index (χ4n) is 2.75. The van der Waals surface area contributed by atoms with Crippen molar-refractivity contribution in [2.75, 3.05) is 0 Å². The van der Waals surface area contributed by atoms with Crippen LogP contribution in [-0.2, 0) is 0 Å². The van der Waals surface area contributed by atoms with E-state index in [0.717, 1.165) is 24.8 Å². The standard InChI is InChI=1S/C16H22N2O/c1-12(14-9-7-13(11-17)8-10-14)18-15-5-3-2-4-6-16(15)19/h7-10,12,15-16,18-19H,2-6H2,1H3. The largest absolute Gasteiger partial charge is 0.392 e. The molecule has 0 bridgehead atoms. The second kappa shape index (κ2) is 6.70. The van der Waals surface area contributed by atoms with E-state index in [2.05, 4.69) is 18.3 Å². The number of nitriles is 1. The van der Waals surface area contributed by atoms with Gasteiger partial charge in [-0.15, -0.1) is 0 Å². The number of hydrogen-bond acceptors (Lipinski definition) is 3. The SMILES string of the molecule is CC(NC1CCCCCC1O)c1ccc(C#N)cc1. The van der Waals surface area contributed by atoms with Crippen LogP contribution in [0.3, 0.4) is 0 Å². The van der Waals surface area contributed by atoms with Crippen LogP contribution in [0.15, 0.2) is 24.3 Å². The molecule has 19 heavy (non-hydrogen) atoms. The van der Waals surface area contributed by atoms with E-state index in [1.807, 2.05) is 24.3 Å². The Morgan fingerprint density at radius 1 is 1.21 bits per heavy atom. The fraction of sp³-hybridized carbons (Fsp3) is 0.562. The van der Waals surface area contributed by atoms with E-state index in [-0.39, 0.29) is 18.2 Å². The maximum absolute atomic E-state index is 10.1. The zero-order valence-corrected chi connectivity index (χ0v) is 11.5. The molecule has 1 aromatic carbocycles. The third-order valence-corrected chi connectivity index (χ3v) is 3.98. The number of aliphatic hydroxyl groups is 1. The smallest absolute Gasteiger partial charge is 0.0991 e. The van der Waals surface area contributed by atoms with E-state index in [9.17, 15) is 5.11 Å². The van der Waals surface area contributed by atoms with Gasteiger partial charge in [0.1, 0.15) is 0 Å². The Bertz CT molecular complexity index is 435. The van der Waals surface area contributed by atoms with Gasteiger partial charge >= 0.3 is 0 Å². The molecule has 1 fully saturated rings. The van der Waals surface area contributed by atoms with Crippen molar-refractivity contribution >= 4 is 0 Å². The van der Waals surface area contributed by atoms with Crippen LogP contribution < -0.4 is 5.32 Å². The first-order valence-corrected chi connectivity index (χ1v) is 7.15. The highest BCUT2D eigenvalue weighted by molar-refractivity contribution is 5.32. The first-order valence-electron chi connectivity index (χ1n) is 7.15. The summed E-state index contributed by atoms with van der Waals surface area (Å²) in [6.45, 7) is 2.11. The summed E-state index contributed by atoms with van der Waals surface area (Å²) in [5, 5.41) is 22.4. The van der Waals surface area contributed by atoms with Gasteiger partial charge < -0.3 is 10.4 Å². The zero-order chi connectivity index (χ0) is 13.7. The van der Waals surface area contributed by atoms with E-state index in [1.54, 1.807) is 0 Å². The zero-order valence-electron chi connectivity index (χ0n) is 11.5. The van der Waals surface area contributed by atoms with Gasteiger partial charge in [-0.05, 0) is 37.5 Å². The summed E-state index contributed by atoms with van der Waals surface area (Å²) in [6, 6.07) is 10.2. The highest BCUT2D eigenvalue weighted by Crippen LogP contribution is 2.21. The molecule has 3 atom stereocenters. The summed E-state index contributed by atoms with van der Waals surface area (Å²) in [5.41, 5.74) is 1.85. The van der Waals surface area contributed by atoms with Crippen LogP contribution in [0, 0.1) is 11.3 Å². The van der Waals surface area contributed by atoms with Crippen LogP contribution in [0.25, 0.3) is 0 Å². The first kappa shape index (κ1) is 14.0. The Morgan fingerprint density at radius 3 is 2.58 bits per heavy atom. The molecule has 1 aromatic rings. The van der Waals surface area contributed by atoms with Crippen LogP contribution in [0.5, 0.6) is 0 Å². The summed E-state index contributed by atoms with van der Waals surface area (Å²) in [4.78, 5) is 0. The number of nitrogens with zero attached hydrogens (tertiary/aromatic N) is 1. The Labute approximate surface area is 115 Å². The molecule has 0 radical (unpaired) electrons. The van der Waals surface area contributed by atoms with Crippen LogP contribution in [0.4, 0.5) is 0 Å². The maximum Gasteiger partial charge on any atom is 0.0991 e. The molecule has 0 amide bonds. The summed E-state index contributed by atoms with van der Waals surface area (Å²) >= 11 is 0. The minimum atomic E-state index is -0.233. The summed E-state index contributed by atoms with van der Waals surface area (Å²) in [6.07, 6.45) is 5.25. The highest BCUT2D eigenvalue weighted by atomic mass is 16.3. The summed E-state index contributed by atoms with van der Waals surface area (Å²) in [7, 11) is 0. The molecule has 0 spiro atoms. The van der Waals surface area contributed by atoms with Gasteiger partial charge in [-0.25, -0.2) is 0 Å². The molecule has 1 aliphatic carbocycles. The van der Waals surface area contributed by atoms with Crippen molar-refractivity contribution < 1.29 is 5.11 Å². The lowest BCUT2D eigenvalue weighted by Gasteiger charge is -2.26. The predicted octanol–water partition coefficient (Wildman–Crippen LogP) is 2.90. The Hall–Kier alpha value is -1.37. The first-order chi connectivity index (χ1) is 9.20. The molecule has 0 heterocycles. The van der Waals surface area contributed by atoms with E-state index in [1.165, 1.54) is 12.8 Å². The minimum Gasteiger partial charge on any atom is -0.392 e. The minimum absolute atomic E-state index is 0.188. The molecule has 2 rings (SSSR count). The van der Waals surface area contributed by atoms with Crippen molar-refractivity contribution in [3.05, 3.63) is 35.4 Å². The molecule has 0 saturated heterocycles. The number of hydrogen-bond donors (Lipinski definition) is 2. The molecule has 3 nitrogen and oxygen atoms in total. The highest BCUT2D eigenvalue weighted by Gasteiger charge is 2.23. The average Bonchev–Trinajstić information content (AvgIpc) is 2.64. The lowest BCUT2D eigenvalue weighted by molar-refractivity contribution is 0.115. The summed E-state index contributed by atoms with van der Waals surface area (Å²) < 4.78 is 0. The van der Waals surface area contributed by atoms with E-state index >= 15 is 0 Å². The topological polar surface area (TPSA) is 56.0 Å². The van der Waals surface area contributed by atoms with Gasteiger partial charge in [0, 0.05) is 12.1 Å². The van der Waals surface area contributed by atoms with Crippen molar-refractivity contribution in [2.24, 2.45) is 0 Å². The van der Waals surface area contributed by atoms with Crippen molar-refractivity contribution in [3.8, 4) is 6.07 Å². The lowest BCUT2D eigenvalue weighted by Crippen LogP contribution is -2.40. The van der Waals surface area contributed by atoms with Gasteiger partial charge in [0.05, 0.1) is 17.7 Å². The van der Waals surface area contributed by atoms with Gasteiger partial charge in [-0.2, -0.15) is 5.26 Å². The van der Waals surface area contributed by atoms with Gasteiger partial charge in [0.15, 0.2) is 0 Å². The second-order valence-electron chi connectivity index (χ2n) is 5.43. The Balaban J connectivity index is 1.98. The molecule has 1 aliphatic rings. The van der Waals surface area contributed by atoms with Gasteiger partial charge in [0.25, 0.3) is 0 Å². The molecule has 102 valence electrons. The molecule has 0 aliphatic heterocycles.